The molecule has 4 bridgehead atoms. The van der Waals surface area contributed by atoms with Crippen LogP contribution in [0.2, 0.25) is 0 Å². The van der Waals surface area contributed by atoms with E-state index in [2.05, 4.69) is 15.5 Å². The smallest absolute Gasteiger partial charge is 0.226 e. The minimum atomic E-state index is -0.0499. The van der Waals surface area contributed by atoms with Gasteiger partial charge in [0.25, 0.3) is 0 Å². The molecule has 1 amide bonds. The fourth-order valence-corrected chi connectivity index (χ4v) is 5.62. The Hall–Kier alpha value is -1.17. The molecule has 6 heteroatoms. The summed E-state index contributed by atoms with van der Waals surface area (Å²) >= 11 is 5.11. The highest BCUT2D eigenvalue weighted by molar-refractivity contribution is 7.71. The number of carbonyl (C=O) groups is 1. The van der Waals surface area contributed by atoms with Gasteiger partial charge in [0.05, 0.1) is 0 Å². The second-order valence-electron chi connectivity index (χ2n) is 7.71. The number of carbonyl (C=O) groups excluding carboxylic acids is 1. The number of nitrogens with one attached hydrogen (secondary N) is 2. The lowest BCUT2D eigenvalue weighted by Crippen LogP contribution is -2.53. The van der Waals surface area contributed by atoms with E-state index < -0.39 is 0 Å². The van der Waals surface area contributed by atoms with Gasteiger partial charge in [-0.2, -0.15) is 5.10 Å². The van der Waals surface area contributed by atoms with E-state index in [9.17, 15) is 4.79 Å². The van der Waals surface area contributed by atoms with Crippen LogP contribution in [0, 0.1) is 27.9 Å². The molecule has 120 valence electrons. The standard InChI is InChI=1S/C16H24N4OS/c1-20-13(18-19-15(20)22)2-3-17-14(21)16-7-10-4-11(8-16)6-12(5-10)9-16/h10-12H,2-9H2,1H3,(H,17,21)(H,19,22). The average molecular weight is 320 g/mol. The molecular weight excluding hydrogens is 296 g/mol. The highest BCUT2D eigenvalue weighted by atomic mass is 32.1. The minimum absolute atomic E-state index is 0.0499. The molecule has 4 aliphatic carbocycles. The fourth-order valence-electron chi connectivity index (χ4n) is 5.47. The Labute approximate surface area is 135 Å². The maximum absolute atomic E-state index is 12.8. The van der Waals surface area contributed by atoms with Crippen LogP contribution in [0.15, 0.2) is 0 Å². The number of H-pyrrole nitrogens is 1. The molecular formula is C16H24N4OS. The molecule has 4 aliphatic rings. The monoisotopic (exact) mass is 320 g/mol. The number of rotatable bonds is 4. The molecule has 0 atom stereocenters. The van der Waals surface area contributed by atoms with Crippen molar-refractivity contribution in [1.29, 1.82) is 0 Å². The van der Waals surface area contributed by atoms with Gasteiger partial charge in [-0.1, -0.05) is 0 Å². The first-order valence-electron chi connectivity index (χ1n) is 8.44. The Kier molecular flexibility index (Phi) is 3.40. The molecule has 5 rings (SSSR count). The molecule has 0 aromatic carbocycles. The second-order valence-corrected chi connectivity index (χ2v) is 8.09. The molecule has 1 heterocycles. The van der Waals surface area contributed by atoms with Crippen LogP contribution in [0.25, 0.3) is 0 Å². The summed E-state index contributed by atoms with van der Waals surface area (Å²) in [6.07, 6.45) is 8.21. The van der Waals surface area contributed by atoms with E-state index in [4.69, 9.17) is 12.2 Å². The van der Waals surface area contributed by atoms with E-state index >= 15 is 0 Å². The summed E-state index contributed by atoms with van der Waals surface area (Å²) < 4.78 is 2.49. The Bertz CT molecular complexity index is 612. The maximum atomic E-state index is 12.8. The maximum Gasteiger partial charge on any atom is 0.226 e. The number of aromatic amines is 1. The van der Waals surface area contributed by atoms with Crippen molar-refractivity contribution < 1.29 is 4.79 Å². The van der Waals surface area contributed by atoms with E-state index in [1.807, 2.05) is 11.6 Å². The second kappa shape index (κ2) is 5.18. The van der Waals surface area contributed by atoms with Crippen molar-refractivity contribution in [2.24, 2.45) is 30.2 Å². The van der Waals surface area contributed by atoms with Gasteiger partial charge in [-0.25, -0.2) is 0 Å². The van der Waals surface area contributed by atoms with Gasteiger partial charge in [0.15, 0.2) is 4.77 Å². The van der Waals surface area contributed by atoms with Crippen molar-refractivity contribution in [2.75, 3.05) is 6.54 Å². The van der Waals surface area contributed by atoms with Gasteiger partial charge in [0.1, 0.15) is 5.82 Å². The Morgan fingerprint density at radius 2 is 1.91 bits per heavy atom. The molecule has 4 saturated carbocycles. The zero-order valence-electron chi connectivity index (χ0n) is 13.1. The van der Waals surface area contributed by atoms with Crippen LogP contribution in [0.5, 0.6) is 0 Å². The van der Waals surface area contributed by atoms with Crippen molar-refractivity contribution in [3.05, 3.63) is 10.6 Å². The molecule has 4 fully saturated rings. The van der Waals surface area contributed by atoms with Gasteiger partial charge in [-0.3, -0.25) is 9.89 Å². The molecule has 1 aromatic rings. The van der Waals surface area contributed by atoms with Gasteiger partial charge in [-0.15, -0.1) is 0 Å². The quantitative estimate of drug-likeness (QED) is 0.837. The van der Waals surface area contributed by atoms with Crippen molar-refractivity contribution in [2.45, 2.75) is 44.9 Å². The van der Waals surface area contributed by atoms with Gasteiger partial charge in [0, 0.05) is 25.4 Å². The van der Waals surface area contributed by atoms with Crippen LogP contribution in [0.3, 0.4) is 0 Å². The minimum Gasteiger partial charge on any atom is -0.355 e. The van der Waals surface area contributed by atoms with Crippen molar-refractivity contribution in [3.8, 4) is 0 Å². The van der Waals surface area contributed by atoms with E-state index in [0.29, 0.717) is 17.2 Å². The number of amides is 1. The molecule has 22 heavy (non-hydrogen) atoms. The third-order valence-electron chi connectivity index (χ3n) is 6.13. The summed E-state index contributed by atoms with van der Waals surface area (Å²) in [4.78, 5) is 12.8. The van der Waals surface area contributed by atoms with Crippen LogP contribution >= 0.6 is 12.2 Å². The van der Waals surface area contributed by atoms with Crippen LogP contribution < -0.4 is 5.32 Å². The van der Waals surface area contributed by atoms with Gasteiger partial charge in [0.2, 0.25) is 5.91 Å². The number of hydrogen-bond acceptors (Lipinski definition) is 3. The van der Waals surface area contributed by atoms with Crippen molar-refractivity contribution in [3.63, 3.8) is 0 Å². The van der Waals surface area contributed by atoms with Gasteiger partial charge < -0.3 is 9.88 Å². The van der Waals surface area contributed by atoms with Crippen LogP contribution in [-0.4, -0.2) is 27.2 Å². The Morgan fingerprint density at radius 1 is 1.32 bits per heavy atom. The van der Waals surface area contributed by atoms with E-state index in [-0.39, 0.29) is 5.41 Å². The Balaban J connectivity index is 1.38. The summed E-state index contributed by atoms with van der Waals surface area (Å²) in [5.74, 6) is 3.62. The first-order valence-corrected chi connectivity index (χ1v) is 8.85. The topological polar surface area (TPSA) is 62.7 Å². The molecule has 0 spiro atoms. The molecule has 5 nitrogen and oxygen atoms in total. The number of aromatic nitrogens is 3. The van der Waals surface area contributed by atoms with Crippen LogP contribution in [0.1, 0.15) is 44.3 Å². The SMILES string of the molecule is Cn1c(CCNC(=O)C23CC4CC(CC(C4)C2)C3)n[nH]c1=S. The molecule has 1 aromatic heterocycles. The number of nitrogens with zero attached hydrogens (tertiary/aromatic N) is 2. The largest absolute Gasteiger partial charge is 0.355 e. The highest BCUT2D eigenvalue weighted by Gasteiger charge is 2.54. The van der Waals surface area contributed by atoms with E-state index in [0.717, 1.165) is 49.3 Å². The molecule has 0 saturated heterocycles. The molecule has 0 radical (unpaired) electrons. The average Bonchev–Trinajstić information content (AvgIpc) is 2.78. The predicted molar refractivity (Wildman–Crippen MR) is 85.7 cm³/mol. The summed E-state index contributed by atoms with van der Waals surface area (Å²) in [6, 6.07) is 0. The zero-order chi connectivity index (χ0) is 15.3. The molecule has 2 N–H and O–H groups in total. The first kappa shape index (κ1) is 14.4. The first-order chi connectivity index (χ1) is 10.6. The van der Waals surface area contributed by atoms with Gasteiger partial charge in [-0.05, 0) is 68.5 Å². The lowest BCUT2D eigenvalue weighted by atomic mass is 9.49. The third-order valence-corrected chi connectivity index (χ3v) is 6.49. The summed E-state index contributed by atoms with van der Waals surface area (Å²) in [5.41, 5.74) is -0.0499. The Morgan fingerprint density at radius 3 is 2.41 bits per heavy atom. The van der Waals surface area contributed by atoms with Crippen molar-refractivity contribution >= 4 is 18.1 Å². The third kappa shape index (κ3) is 2.32. The summed E-state index contributed by atoms with van der Waals surface area (Å²) in [6.45, 7) is 0.647. The molecule has 0 unspecified atom stereocenters. The fraction of sp³-hybridized carbons (Fsp3) is 0.812. The zero-order valence-corrected chi connectivity index (χ0v) is 13.9. The summed E-state index contributed by atoms with van der Waals surface area (Å²) in [7, 11) is 1.90. The summed E-state index contributed by atoms with van der Waals surface area (Å²) in [5, 5.41) is 10.2. The van der Waals surface area contributed by atoms with E-state index in [1.54, 1.807) is 0 Å². The predicted octanol–water partition coefficient (Wildman–Crippen LogP) is 2.35. The normalized spacial score (nSPS) is 35.8. The molecule has 0 aliphatic heterocycles. The van der Waals surface area contributed by atoms with Gasteiger partial charge >= 0.3 is 0 Å². The van der Waals surface area contributed by atoms with Crippen LogP contribution in [0.4, 0.5) is 0 Å². The van der Waals surface area contributed by atoms with E-state index in [1.165, 1.54) is 19.3 Å². The van der Waals surface area contributed by atoms with Crippen LogP contribution in [-0.2, 0) is 18.3 Å². The lowest BCUT2D eigenvalue weighted by molar-refractivity contribution is -0.146. The highest BCUT2D eigenvalue weighted by Crippen LogP contribution is 2.60. The number of hydrogen-bond donors (Lipinski definition) is 2. The van der Waals surface area contributed by atoms with Crippen molar-refractivity contribution in [1.82, 2.24) is 20.1 Å². The lowest BCUT2D eigenvalue weighted by Gasteiger charge is -2.55.